The van der Waals surface area contributed by atoms with Gasteiger partial charge in [-0.3, -0.25) is 19.2 Å². The molecule has 2 aliphatic heterocycles. The summed E-state index contributed by atoms with van der Waals surface area (Å²) in [4.78, 5) is 72.1. The number of aromatic nitrogens is 3. The lowest BCUT2D eigenvalue weighted by atomic mass is 10.1. The highest BCUT2D eigenvalue weighted by molar-refractivity contribution is 7.09. The van der Waals surface area contributed by atoms with Crippen LogP contribution in [0.4, 0.5) is 0 Å². The number of carbonyl (C=O) groups is 4. The van der Waals surface area contributed by atoms with Crippen molar-refractivity contribution in [1.29, 1.82) is 0 Å². The van der Waals surface area contributed by atoms with E-state index in [9.17, 15) is 19.2 Å². The number of para-hydroxylation sites is 2. The minimum absolute atomic E-state index is 0.122. The van der Waals surface area contributed by atoms with Crippen molar-refractivity contribution in [2.75, 3.05) is 32.7 Å². The van der Waals surface area contributed by atoms with E-state index in [4.69, 9.17) is 0 Å². The zero-order valence-corrected chi connectivity index (χ0v) is 26.8. The largest absolute Gasteiger partial charge is 0.354 e. The first-order chi connectivity index (χ1) is 22.4. The fourth-order valence-corrected chi connectivity index (χ4v) is 6.97. The molecule has 2 fully saturated rings. The number of likely N-dealkylation sites (tertiary alicyclic amines) is 1. The first kappa shape index (κ1) is 31.4. The van der Waals surface area contributed by atoms with E-state index in [0.717, 1.165) is 21.9 Å². The topological polar surface area (TPSA) is 132 Å². The summed E-state index contributed by atoms with van der Waals surface area (Å²) in [6.07, 6.45) is 2.91. The minimum atomic E-state index is -0.673. The van der Waals surface area contributed by atoms with Gasteiger partial charge in [-0.2, -0.15) is 0 Å². The van der Waals surface area contributed by atoms with Crippen molar-refractivity contribution in [2.45, 2.75) is 57.5 Å². The number of rotatable bonds is 5. The number of benzene rings is 2. The number of thiazole rings is 1. The van der Waals surface area contributed by atoms with Crippen LogP contribution < -0.4 is 5.32 Å². The van der Waals surface area contributed by atoms with Gasteiger partial charge in [-0.25, -0.2) is 9.97 Å². The average molecular weight is 642 g/mol. The summed E-state index contributed by atoms with van der Waals surface area (Å²) in [7, 11) is 0. The van der Waals surface area contributed by atoms with Crippen LogP contribution in [0.1, 0.15) is 63.8 Å². The van der Waals surface area contributed by atoms with E-state index in [1.54, 1.807) is 32.2 Å². The lowest BCUT2D eigenvalue weighted by Crippen LogP contribution is -2.46. The summed E-state index contributed by atoms with van der Waals surface area (Å²) in [5, 5.41) is 5.64. The van der Waals surface area contributed by atoms with Crippen LogP contribution in [0.5, 0.6) is 0 Å². The van der Waals surface area contributed by atoms with Crippen LogP contribution in [0.3, 0.4) is 0 Å². The molecule has 0 saturated carbocycles. The first-order valence-corrected chi connectivity index (χ1v) is 16.8. The van der Waals surface area contributed by atoms with Gasteiger partial charge in [0.2, 0.25) is 11.8 Å². The summed E-state index contributed by atoms with van der Waals surface area (Å²) in [6.45, 7) is 3.95. The van der Waals surface area contributed by atoms with Crippen molar-refractivity contribution in [3.8, 4) is 0 Å². The fraction of sp³-hybridized carbons (Fsp3) is 0.412. The Morgan fingerprint density at radius 2 is 1.70 bits per heavy atom. The summed E-state index contributed by atoms with van der Waals surface area (Å²) >= 11 is 1.44. The Kier molecular flexibility index (Phi) is 9.72. The third-order valence-electron chi connectivity index (χ3n) is 8.74. The van der Waals surface area contributed by atoms with Crippen LogP contribution >= 0.6 is 11.3 Å². The van der Waals surface area contributed by atoms with E-state index in [1.807, 2.05) is 49.4 Å². The maximum Gasteiger partial charge on any atom is 0.273 e. The molecule has 0 aliphatic carbocycles. The molecule has 2 aliphatic rings. The van der Waals surface area contributed by atoms with E-state index >= 15 is 0 Å². The summed E-state index contributed by atoms with van der Waals surface area (Å²) in [5.74, 6) is 0.0898. The molecule has 0 spiro atoms. The highest BCUT2D eigenvalue weighted by atomic mass is 32.1. The minimum Gasteiger partial charge on any atom is -0.354 e. The van der Waals surface area contributed by atoms with E-state index in [2.05, 4.69) is 20.3 Å². The van der Waals surface area contributed by atoms with Gasteiger partial charge in [0.05, 0.1) is 22.1 Å². The van der Waals surface area contributed by atoms with Gasteiger partial charge in [-0.1, -0.05) is 30.3 Å². The van der Waals surface area contributed by atoms with Crippen molar-refractivity contribution in [2.24, 2.45) is 0 Å². The molecule has 2 saturated heterocycles. The summed E-state index contributed by atoms with van der Waals surface area (Å²) < 4.78 is 0. The van der Waals surface area contributed by atoms with Gasteiger partial charge < -0.3 is 25.0 Å². The van der Waals surface area contributed by atoms with E-state index < -0.39 is 6.04 Å². The number of hydrogen-bond donors (Lipinski definition) is 2. The highest BCUT2D eigenvalue weighted by Crippen LogP contribution is 2.26. The average Bonchev–Trinajstić information content (AvgIpc) is 3.82. The van der Waals surface area contributed by atoms with Crippen molar-refractivity contribution >= 4 is 46.0 Å². The molecule has 46 heavy (non-hydrogen) atoms. The number of aromatic amines is 1. The van der Waals surface area contributed by atoms with Crippen LogP contribution in [0.15, 0.2) is 60.0 Å². The Bertz CT molecular complexity index is 1670. The predicted octanol–water partition coefficient (Wildman–Crippen LogP) is 3.81. The molecule has 0 radical (unpaired) electrons. The molecule has 4 aromatic rings. The second-order valence-corrected chi connectivity index (χ2v) is 13.0. The van der Waals surface area contributed by atoms with E-state index in [0.29, 0.717) is 69.5 Å². The molecule has 2 aromatic heterocycles. The van der Waals surface area contributed by atoms with Crippen LogP contribution in [0.2, 0.25) is 0 Å². The Balaban J connectivity index is 1.22. The molecule has 11 nitrogen and oxygen atoms in total. The Hall–Kier alpha value is -4.58. The van der Waals surface area contributed by atoms with Crippen molar-refractivity contribution in [1.82, 2.24) is 35.0 Å². The quantitative estimate of drug-likeness (QED) is 0.341. The second-order valence-electron chi connectivity index (χ2n) is 11.9. The molecule has 12 heteroatoms. The van der Waals surface area contributed by atoms with Gasteiger partial charge in [0.1, 0.15) is 17.6 Å². The molecular formula is C34H39N7O4S. The Morgan fingerprint density at radius 1 is 0.913 bits per heavy atom. The molecule has 2 aromatic carbocycles. The third-order valence-corrected chi connectivity index (χ3v) is 9.52. The van der Waals surface area contributed by atoms with Gasteiger partial charge >= 0.3 is 0 Å². The number of fused-ring (bicyclic) bond motifs is 3. The second kappa shape index (κ2) is 14.2. The zero-order chi connectivity index (χ0) is 32.0. The number of carbonyl (C=O) groups excluding carboxylic acids is 4. The normalized spacial score (nSPS) is 19.6. The van der Waals surface area contributed by atoms with Crippen molar-refractivity contribution < 1.29 is 19.2 Å². The van der Waals surface area contributed by atoms with Gasteiger partial charge in [0, 0.05) is 56.5 Å². The van der Waals surface area contributed by atoms with Gasteiger partial charge in [-0.15, -0.1) is 11.3 Å². The lowest BCUT2D eigenvalue weighted by molar-refractivity contribution is -0.138. The fourth-order valence-electron chi connectivity index (χ4n) is 6.38. The number of aryl methyl sites for hydroxylation is 2. The lowest BCUT2D eigenvalue weighted by Gasteiger charge is -2.30. The standard InChI is InChI=1S/C34H39N7O4S/c1-23-36-28(22-46-23)34(45)39-17-8-7-16-35-32(43)29-20-25(40(19-9-18-39)33(44)24-10-3-2-4-11-24)21-41(29)31(42)15-14-30-37-26-12-5-6-13-27(26)38-30/h2-6,10-13,22,25,29H,7-9,14-21H2,1H3,(H,35,43)(H,37,38)/t25-,29-/m0/s1. The molecule has 2 bridgehead atoms. The van der Waals surface area contributed by atoms with E-state index in [1.165, 1.54) is 11.3 Å². The molecular weight excluding hydrogens is 602 g/mol. The van der Waals surface area contributed by atoms with Gasteiger partial charge in [0.15, 0.2) is 0 Å². The number of amides is 4. The molecule has 4 amide bonds. The molecule has 240 valence electrons. The number of H-pyrrole nitrogens is 1. The number of imidazole rings is 1. The number of nitrogens with zero attached hydrogens (tertiary/aromatic N) is 5. The van der Waals surface area contributed by atoms with Crippen LogP contribution in [-0.2, 0) is 16.0 Å². The van der Waals surface area contributed by atoms with Gasteiger partial charge in [0.25, 0.3) is 11.8 Å². The molecule has 2 atom stereocenters. The van der Waals surface area contributed by atoms with Crippen molar-refractivity contribution in [3.63, 3.8) is 0 Å². The van der Waals surface area contributed by atoms with Crippen LogP contribution in [-0.4, -0.2) is 98.1 Å². The Morgan fingerprint density at radius 3 is 2.48 bits per heavy atom. The first-order valence-electron chi connectivity index (χ1n) is 16.0. The third kappa shape index (κ3) is 7.12. The Labute approximate surface area is 272 Å². The molecule has 4 heterocycles. The number of nitrogens with one attached hydrogen (secondary N) is 2. The highest BCUT2D eigenvalue weighted by Gasteiger charge is 2.43. The van der Waals surface area contributed by atoms with E-state index in [-0.39, 0.29) is 42.6 Å². The smallest absolute Gasteiger partial charge is 0.273 e. The SMILES string of the molecule is Cc1nc(C(=O)N2CCCCNC(=O)[C@@H]3C[C@@H](CN3C(=O)CCc3nc4ccccc4[nH]3)N(C(=O)c3ccccc3)CCC2)cs1. The maximum absolute atomic E-state index is 13.9. The molecule has 2 N–H and O–H groups in total. The van der Waals surface area contributed by atoms with Gasteiger partial charge in [-0.05, 0) is 56.9 Å². The van der Waals surface area contributed by atoms with Crippen LogP contribution in [0, 0.1) is 6.92 Å². The molecule has 0 unspecified atom stereocenters. The van der Waals surface area contributed by atoms with Crippen LogP contribution in [0.25, 0.3) is 11.0 Å². The zero-order valence-electron chi connectivity index (χ0n) is 26.0. The van der Waals surface area contributed by atoms with Crippen molar-refractivity contribution in [3.05, 3.63) is 82.1 Å². The maximum atomic E-state index is 13.9. The predicted molar refractivity (Wildman–Crippen MR) is 175 cm³/mol. The summed E-state index contributed by atoms with van der Waals surface area (Å²) in [6, 6.07) is 15.8. The number of hydrogen-bond acceptors (Lipinski definition) is 7. The summed E-state index contributed by atoms with van der Waals surface area (Å²) in [5.41, 5.74) is 2.74. The monoisotopic (exact) mass is 641 g/mol. The molecule has 6 rings (SSSR count).